The van der Waals surface area contributed by atoms with E-state index in [9.17, 15) is 9.59 Å². The van der Waals surface area contributed by atoms with Crippen LogP contribution in [0.25, 0.3) is 0 Å². The van der Waals surface area contributed by atoms with E-state index in [1.165, 1.54) is 0 Å². The van der Waals surface area contributed by atoms with Crippen LogP contribution in [-0.2, 0) is 19.1 Å². The van der Waals surface area contributed by atoms with Crippen LogP contribution in [0.4, 0.5) is 5.69 Å². The van der Waals surface area contributed by atoms with Crippen LogP contribution in [0.1, 0.15) is 53.0 Å². The minimum atomic E-state index is -0.575. The minimum absolute atomic E-state index is 0.269. The Hall–Kier alpha value is -2.76. The van der Waals surface area contributed by atoms with E-state index >= 15 is 0 Å². The van der Waals surface area contributed by atoms with Crippen LogP contribution in [0.15, 0.2) is 46.8 Å². The molecule has 0 unspecified atom stereocenters. The Morgan fingerprint density at radius 3 is 1.83 bits per heavy atom. The number of dihydropyridines is 1. The van der Waals surface area contributed by atoms with Crippen molar-refractivity contribution in [2.75, 3.05) is 19.0 Å². The summed E-state index contributed by atoms with van der Waals surface area (Å²) in [6.07, 6.45) is -0.538. The van der Waals surface area contributed by atoms with Crippen LogP contribution in [-0.4, -0.2) is 38.2 Å². The maximum Gasteiger partial charge on any atom is 0.337 e. The zero-order chi connectivity index (χ0) is 21.9. The summed E-state index contributed by atoms with van der Waals surface area (Å²) in [5, 5.41) is 3.17. The molecule has 0 spiro atoms. The lowest BCUT2D eigenvalue weighted by molar-refractivity contribution is -0.143. The summed E-state index contributed by atoms with van der Waals surface area (Å²) in [4.78, 5) is 28.0. The molecule has 0 amide bonds. The van der Waals surface area contributed by atoms with Gasteiger partial charge in [-0.15, -0.1) is 0 Å². The van der Waals surface area contributed by atoms with E-state index in [2.05, 4.69) is 5.32 Å². The second kappa shape index (κ2) is 9.16. The smallest absolute Gasteiger partial charge is 0.337 e. The highest BCUT2D eigenvalue weighted by atomic mass is 16.5. The predicted molar refractivity (Wildman–Crippen MR) is 115 cm³/mol. The van der Waals surface area contributed by atoms with Crippen LogP contribution >= 0.6 is 0 Å². The van der Waals surface area contributed by atoms with Gasteiger partial charge in [0, 0.05) is 31.2 Å². The number of rotatable bonds is 6. The Balaban J connectivity index is 2.67. The van der Waals surface area contributed by atoms with Gasteiger partial charge >= 0.3 is 11.9 Å². The van der Waals surface area contributed by atoms with Crippen molar-refractivity contribution in [3.8, 4) is 0 Å². The van der Waals surface area contributed by atoms with Crippen molar-refractivity contribution in [2.45, 2.75) is 59.7 Å². The molecular weight excluding hydrogens is 368 g/mol. The minimum Gasteiger partial charge on any atom is -0.460 e. The zero-order valence-corrected chi connectivity index (χ0v) is 18.6. The molecular formula is C23H32N2O4. The molecule has 0 atom stereocenters. The maximum absolute atomic E-state index is 13.0. The quantitative estimate of drug-likeness (QED) is 0.731. The lowest BCUT2D eigenvalue weighted by atomic mass is 9.80. The van der Waals surface area contributed by atoms with Crippen molar-refractivity contribution >= 4 is 17.6 Å². The first-order valence-electron chi connectivity index (χ1n) is 9.90. The van der Waals surface area contributed by atoms with Gasteiger partial charge in [-0.2, -0.15) is 0 Å². The number of benzene rings is 1. The van der Waals surface area contributed by atoms with Gasteiger partial charge in [0.1, 0.15) is 0 Å². The fourth-order valence-electron chi connectivity index (χ4n) is 3.41. The fourth-order valence-corrected chi connectivity index (χ4v) is 3.41. The Morgan fingerprint density at radius 1 is 0.931 bits per heavy atom. The highest BCUT2D eigenvalue weighted by Crippen LogP contribution is 2.40. The number of hydrogen-bond acceptors (Lipinski definition) is 6. The normalized spacial score (nSPS) is 15.0. The molecule has 0 fully saturated rings. The average Bonchev–Trinajstić information content (AvgIpc) is 2.59. The summed E-state index contributed by atoms with van der Waals surface area (Å²) in [5.41, 5.74) is 4.02. The molecule has 0 saturated heterocycles. The Morgan fingerprint density at radius 2 is 1.41 bits per heavy atom. The van der Waals surface area contributed by atoms with Gasteiger partial charge in [0.05, 0.1) is 29.3 Å². The first-order valence-corrected chi connectivity index (χ1v) is 9.90. The average molecular weight is 401 g/mol. The van der Waals surface area contributed by atoms with Crippen molar-refractivity contribution in [3.05, 3.63) is 52.4 Å². The number of anilines is 1. The van der Waals surface area contributed by atoms with E-state index in [4.69, 9.17) is 9.47 Å². The van der Waals surface area contributed by atoms with Crippen molar-refractivity contribution in [1.82, 2.24) is 5.32 Å². The summed E-state index contributed by atoms with van der Waals surface area (Å²) in [6, 6.07) is 7.82. The number of esters is 2. The summed E-state index contributed by atoms with van der Waals surface area (Å²) in [6.45, 7) is 10.9. The number of allylic oxidation sites excluding steroid dienone is 2. The highest BCUT2D eigenvalue weighted by Gasteiger charge is 2.38. The van der Waals surface area contributed by atoms with E-state index in [0.29, 0.717) is 22.5 Å². The summed E-state index contributed by atoms with van der Waals surface area (Å²) in [7, 11) is 3.90. The molecule has 0 saturated carbocycles. The third-order valence-electron chi connectivity index (χ3n) is 4.61. The van der Waals surface area contributed by atoms with Crippen LogP contribution < -0.4 is 10.2 Å². The number of nitrogens with zero attached hydrogens (tertiary/aromatic N) is 1. The molecule has 2 rings (SSSR count). The van der Waals surface area contributed by atoms with E-state index in [1.54, 1.807) is 27.7 Å². The first-order chi connectivity index (χ1) is 13.5. The van der Waals surface area contributed by atoms with Crippen molar-refractivity contribution in [2.24, 2.45) is 0 Å². The Bertz CT molecular complexity index is 806. The monoisotopic (exact) mass is 400 g/mol. The Labute approximate surface area is 173 Å². The van der Waals surface area contributed by atoms with Gasteiger partial charge in [0.25, 0.3) is 0 Å². The van der Waals surface area contributed by atoms with Gasteiger partial charge in [0.15, 0.2) is 0 Å². The SMILES string of the molecule is CC1=C(C(=O)OC(C)C)C(c2cccc(N(C)C)c2)C(C(=O)OC(C)C)=C(C)N1. The predicted octanol–water partition coefficient (Wildman–Crippen LogP) is 3.89. The van der Waals surface area contributed by atoms with Gasteiger partial charge in [-0.1, -0.05) is 12.1 Å². The fraction of sp³-hybridized carbons (Fsp3) is 0.478. The van der Waals surface area contributed by atoms with Crippen LogP contribution in [0.2, 0.25) is 0 Å². The second-order valence-corrected chi connectivity index (χ2v) is 8.03. The molecule has 1 N–H and O–H groups in total. The van der Waals surface area contributed by atoms with Gasteiger partial charge in [-0.25, -0.2) is 9.59 Å². The molecule has 6 heteroatoms. The molecule has 1 aliphatic heterocycles. The molecule has 0 radical (unpaired) electrons. The molecule has 1 aromatic carbocycles. The second-order valence-electron chi connectivity index (χ2n) is 8.03. The Kier molecular flexibility index (Phi) is 7.11. The molecule has 6 nitrogen and oxygen atoms in total. The van der Waals surface area contributed by atoms with Gasteiger partial charge in [-0.3, -0.25) is 0 Å². The topological polar surface area (TPSA) is 67.9 Å². The number of nitrogens with one attached hydrogen (secondary N) is 1. The summed E-state index contributed by atoms with van der Waals surface area (Å²) in [5.74, 6) is -1.45. The third kappa shape index (κ3) is 5.19. The third-order valence-corrected chi connectivity index (χ3v) is 4.61. The van der Waals surface area contributed by atoms with E-state index in [-0.39, 0.29) is 12.2 Å². The molecule has 29 heavy (non-hydrogen) atoms. The number of hydrogen-bond donors (Lipinski definition) is 1. The van der Waals surface area contributed by atoms with Gasteiger partial charge in [-0.05, 0) is 59.2 Å². The van der Waals surface area contributed by atoms with E-state index in [0.717, 1.165) is 11.3 Å². The van der Waals surface area contributed by atoms with Crippen molar-refractivity contribution in [3.63, 3.8) is 0 Å². The van der Waals surface area contributed by atoms with E-state index < -0.39 is 17.9 Å². The van der Waals surface area contributed by atoms with Crippen LogP contribution in [0.3, 0.4) is 0 Å². The van der Waals surface area contributed by atoms with Crippen LogP contribution in [0.5, 0.6) is 0 Å². The number of ether oxygens (including phenoxy) is 2. The first kappa shape index (κ1) is 22.5. The highest BCUT2D eigenvalue weighted by molar-refractivity contribution is 6.00. The summed E-state index contributed by atoms with van der Waals surface area (Å²) >= 11 is 0. The van der Waals surface area contributed by atoms with Gasteiger partial charge < -0.3 is 19.7 Å². The lowest BCUT2D eigenvalue weighted by Gasteiger charge is -2.31. The molecule has 1 heterocycles. The molecule has 0 aromatic heterocycles. The largest absolute Gasteiger partial charge is 0.460 e. The lowest BCUT2D eigenvalue weighted by Crippen LogP contribution is -2.33. The summed E-state index contributed by atoms with van der Waals surface area (Å²) < 4.78 is 11.0. The molecule has 0 bridgehead atoms. The molecule has 158 valence electrons. The molecule has 0 aliphatic carbocycles. The standard InChI is InChI=1S/C23H32N2O4/c1-13(2)28-22(26)19-15(5)24-16(6)20(23(27)29-14(3)4)21(19)17-10-9-11-18(12-17)25(7)8/h9-14,21,24H,1-8H3. The molecule has 1 aliphatic rings. The van der Waals surface area contributed by atoms with Crippen molar-refractivity contribution in [1.29, 1.82) is 0 Å². The number of carbonyl (C=O) groups is 2. The van der Waals surface area contributed by atoms with E-state index in [1.807, 2.05) is 57.1 Å². The van der Waals surface area contributed by atoms with Crippen molar-refractivity contribution < 1.29 is 19.1 Å². The number of carbonyl (C=O) groups excluding carboxylic acids is 2. The maximum atomic E-state index is 13.0. The van der Waals surface area contributed by atoms with Gasteiger partial charge in [0.2, 0.25) is 0 Å². The molecule has 1 aromatic rings. The van der Waals surface area contributed by atoms with Crippen LogP contribution in [0, 0.1) is 0 Å². The zero-order valence-electron chi connectivity index (χ0n) is 18.6.